The highest BCUT2D eigenvalue weighted by atomic mass is 79.9. The van der Waals surface area contributed by atoms with Crippen LogP contribution in [-0.4, -0.2) is 16.5 Å². The Morgan fingerprint density at radius 1 is 1.28 bits per heavy atom. The minimum atomic E-state index is 0.636. The summed E-state index contributed by atoms with van der Waals surface area (Å²) >= 11 is 9.65. The van der Waals surface area contributed by atoms with Gasteiger partial charge in [0.15, 0.2) is 5.82 Å². The molecule has 0 aliphatic heterocycles. The topological polar surface area (TPSA) is 37.8 Å². The van der Waals surface area contributed by atoms with E-state index in [1.807, 2.05) is 38.1 Å². The lowest BCUT2D eigenvalue weighted by Gasteiger charge is -2.10. The van der Waals surface area contributed by atoms with Crippen LogP contribution in [0.1, 0.15) is 12.6 Å². The second-order valence-corrected chi connectivity index (χ2v) is 5.01. The number of nitrogens with zero attached hydrogens (tertiary/aromatic N) is 2. The third-order valence-corrected chi connectivity index (χ3v) is 3.75. The van der Waals surface area contributed by atoms with Gasteiger partial charge < -0.3 is 5.32 Å². The van der Waals surface area contributed by atoms with Gasteiger partial charge >= 0.3 is 0 Å². The van der Waals surface area contributed by atoms with E-state index < -0.39 is 0 Å². The maximum absolute atomic E-state index is 6.17. The summed E-state index contributed by atoms with van der Waals surface area (Å²) in [4.78, 5) is 8.96. The lowest BCUT2D eigenvalue weighted by atomic mass is 10.2. The molecule has 1 N–H and O–H groups in total. The average molecular weight is 327 g/mol. The zero-order valence-corrected chi connectivity index (χ0v) is 12.5. The highest BCUT2D eigenvalue weighted by Crippen LogP contribution is 2.29. The Morgan fingerprint density at radius 3 is 2.67 bits per heavy atom. The van der Waals surface area contributed by atoms with Crippen LogP contribution < -0.4 is 5.32 Å². The second-order valence-electron chi connectivity index (χ2n) is 3.81. The molecule has 0 atom stereocenters. The van der Waals surface area contributed by atoms with Gasteiger partial charge in [0.05, 0.1) is 15.2 Å². The molecule has 1 aromatic carbocycles. The quantitative estimate of drug-likeness (QED) is 0.914. The van der Waals surface area contributed by atoms with E-state index in [4.69, 9.17) is 11.6 Å². The van der Waals surface area contributed by atoms with Crippen molar-refractivity contribution in [2.24, 2.45) is 0 Å². The molecular formula is C13H13BrClN3. The van der Waals surface area contributed by atoms with Crippen molar-refractivity contribution in [3.05, 3.63) is 39.5 Å². The highest BCUT2D eigenvalue weighted by Gasteiger charge is 2.12. The second kappa shape index (κ2) is 5.67. The van der Waals surface area contributed by atoms with Gasteiger partial charge in [-0.3, -0.25) is 0 Å². The Kier molecular flexibility index (Phi) is 4.19. The van der Waals surface area contributed by atoms with Crippen LogP contribution in [-0.2, 0) is 0 Å². The molecule has 0 spiro atoms. The van der Waals surface area contributed by atoms with E-state index in [0.717, 1.165) is 28.1 Å². The zero-order chi connectivity index (χ0) is 13.1. The van der Waals surface area contributed by atoms with E-state index in [9.17, 15) is 0 Å². The highest BCUT2D eigenvalue weighted by molar-refractivity contribution is 9.10. The molecule has 2 rings (SSSR count). The van der Waals surface area contributed by atoms with Crippen molar-refractivity contribution in [1.82, 2.24) is 9.97 Å². The van der Waals surface area contributed by atoms with Gasteiger partial charge in [-0.15, -0.1) is 0 Å². The SMILES string of the molecule is CCNc1nc(-c2ccccc2Cl)nc(C)c1Br. The summed E-state index contributed by atoms with van der Waals surface area (Å²) in [6, 6.07) is 7.57. The Hall–Kier alpha value is -1.13. The number of halogens is 2. The average Bonchev–Trinajstić information content (AvgIpc) is 2.35. The van der Waals surface area contributed by atoms with Gasteiger partial charge in [0.1, 0.15) is 5.82 Å². The van der Waals surface area contributed by atoms with Gasteiger partial charge in [-0.1, -0.05) is 23.7 Å². The molecule has 0 amide bonds. The smallest absolute Gasteiger partial charge is 0.163 e. The summed E-state index contributed by atoms with van der Waals surface area (Å²) in [5.41, 5.74) is 1.73. The van der Waals surface area contributed by atoms with Crippen LogP contribution in [0.2, 0.25) is 5.02 Å². The summed E-state index contributed by atoms with van der Waals surface area (Å²) in [7, 11) is 0. The van der Waals surface area contributed by atoms with E-state index in [2.05, 4.69) is 31.2 Å². The fourth-order valence-corrected chi connectivity index (χ4v) is 2.14. The number of benzene rings is 1. The van der Waals surface area contributed by atoms with Crippen LogP contribution in [0.25, 0.3) is 11.4 Å². The van der Waals surface area contributed by atoms with Crippen LogP contribution in [0, 0.1) is 6.92 Å². The number of aryl methyl sites for hydroxylation is 1. The van der Waals surface area contributed by atoms with E-state index in [0.29, 0.717) is 10.8 Å². The predicted octanol–water partition coefficient (Wildman–Crippen LogP) is 4.30. The maximum Gasteiger partial charge on any atom is 0.163 e. The number of hydrogen-bond acceptors (Lipinski definition) is 3. The van der Waals surface area contributed by atoms with Gasteiger partial charge in [-0.05, 0) is 41.9 Å². The summed E-state index contributed by atoms with van der Waals surface area (Å²) in [6.45, 7) is 4.77. The standard InChI is InChI=1S/C13H13BrClN3/c1-3-16-13-11(14)8(2)17-12(18-13)9-6-4-5-7-10(9)15/h4-7H,3H2,1-2H3,(H,16,17,18). The summed E-state index contributed by atoms with van der Waals surface area (Å²) < 4.78 is 0.889. The lowest BCUT2D eigenvalue weighted by Crippen LogP contribution is -2.04. The molecule has 94 valence electrons. The lowest BCUT2D eigenvalue weighted by molar-refractivity contribution is 1.06. The molecule has 0 saturated heterocycles. The van der Waals surface area contributed by atoms with E-state index >= 15 is 0 Å². The minimum Gasteiger partial charge on any atom is -0.369 e. The Morgan fingerprint density at radius 2 is 2.00 bits per heavy atom. The van der Waals surface area contributed by atoms with Gasteiger partial charge in [0, 0.05) is 12.1 Å². The first-order valence-corrected chi connectivity index (χ1v) is 6.83. The predicted molar refractivity (Wildman–Crippen MR) is 79.1 cm³/mol. The molecule has 0 aliphatic carbocycles. The number of rotatable bonds is 3. The van der Waals surface area contributed by atoms with Crippen LogP contribution in [0.15, 0.2) is 28.7 Å². The number of hydrogen-bond donors (Lipinski definition) is 1. The number of aromatic nitrogens is 2. The first-order chi connectivity index (χ1) is 8.63. The molecule has 2 aromatic rings. The van der Waals surface area contributed by atoms with Gasteiger partial charge in [-0.25, -0.2) is 9.97 Å². The molecule has 0 saturated carbocycles. The summed E-state index contributed by atoms with van der Waals surface area (Å²) in [6.07, 6.45) is 0. The van der Waals surface area contributed by atoms with Crippen molar-refractivity contribution in [2.75, 3.05) is 11.9 Å². The van der Waals surface area contributed by atoms with E-state index in [-0.39, 0.29) is 0 Å². The molecule has 0 fully saturated rings. The van der Waals surface area contributed by atoms with Crippen LogP contribution >= 0.6 is 27.5 Å². The van der Waals surface area contributed by atoms with E-state index in [1.54, 1.807) is 0 Å². The third kappa shape index (κ3) is 2.65. The molecule has 0 aliphatic rings. The summed E-state index contributed by atoms with van der Waals surface area (Å²) in [5.74, 6) is 1.43. The van der Waals surface area contributed by atoms with Gasteiger partial charge in [0.2, 0.25) is 0 Å². The number of anilines is 1. The molecular weight excluding hydrogens is 314 g/mol. The minimum absolute atomic E-state index is 0.636. The fourth-order valence-electron chi connectivity index (χ4n) is 1.61. The largest absolute Gasteiger partial charge is 0.369 e. The monoisotopic (exact) mass is 325 g/mol. The fraction of sp³-hybridized carbons (Fsp3) is 0.231. The molecule has 0 radical (unpaired) electrons. The van der Waals surface area contributed by atoms with Gasteiger partial charge in [0.25, 0.3) is 0 Å². The van der Waals surface area contributed by atoms with Crippen molar-refractivity contribution < 1.29 is 0 Å². The normalized spacial score (nSPS) is 10.4. The molecule has 5 heteroatoms. The Bertz CT molecular complexity index is 572. The summed E-state index contributed by atoms with van der Waals surface area (Å²) in [5, 5.41) is 3.86. The Balaban J connectivity index is 2.56. The van der Waals surface area contributed by atoms with Crippen molar-refractivity contribution in [3.8, 4) is 11.4 Å². The molecule has 0 bridgehead atoms. The molecule has 3 nitrogen and oxygen atoms in total. The molecule has 1 aromatic heterocycles. The van der Waals surface area contributed by atoms with Crippen molar-refractivity contribution in [2.45, 2.75) is 13.8 Å². The zero-order valence-electron chi connectivity index (χ0n) is 10.2. The first-order valence-electron chi connectivity index (χ1n) is 5.66. The van der Waals surface area contributed by atoms with Crippen LogP contribution in [0.3, 0.4) is 0 Å². The van der Waals surface area contributed by atoms with Crippen molar-refractivity contribution in [1.29, 1.82) is 0 Å². The molecule has 18 heavy (non-hydrogen) atoms. The van der Waals surface area contributed by atoms with Crippen LogP contribution in [0.5, 0.6) is 0 Å². The molecule has 0 unspecified atom stereocenters. The third-order valence-electron chi connectivity index (χ3n) is 2.48. The number of nitrogens with one attached hydrogen (secondary N) is 1. The maximum atomic E-state index is 6.17. The Labute approximate surface area is 120 Å². The van der Waals surface area contributed by atoms with E-state index in [1.165, 1.54) is 0 Å². The molecule has 1 heterocycles. The van der Waals surface area contributed by atoms with Crippen molar-refractivity contribution in [3.63, 3.8) is 0 Å². The van der Waals surface area contributed by atoms with Gasteiger partial charge in [-0.2, -0.15) is 0 Å². The van der Waals surface area contributed by atoms with Crippen LogP contribution in [0.4, 0.5) is 5.82 Å². The van der Waals surface area contributed by atoms with Crippen molar-refractivity contribution >= 4 is 33.3 Å². The first kappa shape index (κ1) is 13.3.